The lowest BCUT2D eigenvalue weighted by atomic mass is 10.2. The van der Waals surface area contributed by atoms with Crippen LogP contribution in [0.4, 0.5) is 0 Å². The fraction of sp³-hybridized carbons (Fsp3) is 0.312. The van der Waals surface area contributed by atoms with Crippen LogP contribution in [0.25, 0.3) is 0 Å². The molecule has 0 saturated heterocycles. The molecule has 1 heterocycles. The zero-order valence-corrected chi connectivity index (χ0v) is 12.6. The SMILES string of the molecule is Cc1cccc(OCCCNC(=O)c2ccc(C)s2)c1. The van der Waals surface area contributed by atoms with E-state index in [-0.39, 0.29) is 5.91 Å². The van der Waals surface area contributed by atoms with Crippen molar-refractivity contribution in [3.05, 3.63) is 51.7 Å². The van der Waals surface area contributed by atoms with E-state index in [4.69, 9.17) is 4.74 Å². The van der Waals surface area contributed by atoms with E-state index in [9.17, 15) is 4.79 Å². The number of benzene rings is 1. The highest BCUT2D eigenvalue weighted by molar-refractivity contribution is 7.13. The number of nitrogens with one attached hydrogen (secondary N) is 1. The van der Waals surface area contributed by atoms with E-state index in [0.717, 1.165) is 21.9 Å². The number of ether oxygens (including phenoxy) is 1. The van der Waals surface area contributed by atoms with Crippen molar-refractivity contribution in [2.75, 3.05) is 13.2 Å². The first-order valence-corrected chi connectivity index (χ1v) is 7.51. The Morgan fingerprint density at radius 2 is 2.10 bits per heavy atom. The fourth-order valence-corrected chi connectivity index (χ4v) is 2.60. The average molecular weight is 289 g/mol. The van der Waals surface area contributed by atoms with Crippen molar-refractivity contribution in [2.45, 2.75) is 20.3 Å². The molecule has 106 valence electrons. The highest BCUT2D eigenvalue weighted by atomic mass is 32.1. The normalized spacial score (nSPS) is 10.3. The zero-order valence-electron chi connectivity index (χ0n) is 11.8. The predicted molar refractivity (Wildman–Crippen MR) is 82.7 cm³/mol. The van der Waals surface area contributed by atoms with Crippen molar-refractivity contribution in [1.82, 2.24) is 5.32 Å². The van der Waals surface area contributed by atoms with Gasteiger partial charge >= 0.3 is 0 Å². The molecule has 1 amide bonds. The molecule has 4 heteroatoms. The summed E-state index contributed by atoms with van der Waals surface area (Å²) >= 11 is 1.51. The van der Waals surface area contributed by atoms with Crippen LogP contribution in [-0.4, -0.2) is 19.1 Å². The van der Waals surface area contributed by atoms with Gasteiger partial charge in [-0.05, 0) is 50.1 Å². The molecule has 0 spiro atoms. The molecule has 2 aromatic rings. The number of aryl methyl sites for hydroxylation is 2. The summed E-state index contributed by atoms with van der Waals surface area (Å²) in [4.78, 5) is 13.7. The predicted octanol–water partition coefficient (Wildman–Crippen LogP) is 3.56. The van der Waals surface area contributed by atoms with Crippen LogP contribution < -0.4 is 10.1 Å². The summed E-state index contributed by atoms with van der Waals surface area (Å²) in [5, 5.41) is 2.90. The van der Waals surface area contributed by atoms with Crippen molar-refractivity contribution in [2.24, 2.45) is 0 Å². The Morgan fingerprint density at radius 3 is 2.80 bits per heavy atom. The molecule has 20 heavy (non-hydrogen) atoms. The van der Waals surface area contributed by atoms with Crippen molar-refractivity contribution in [1.29, 1.82) is 0 Å². The highest BCUT2D eigenvalue weighted by Crippen LogP contribution is 2.14. The lowest BCUT2D eigenvalue weighted by molar-refractivity contribution is 0.0955. The van der Waals surface area contributed by atoms with Gasteiger partial charge in [-0.2, -0.15) is 0 Å². The van der Waals surface area contributed by atoms with Gasteiger partial charge in [-0.25, -0.2) is 0 Å². The number of hydrogen-bond donors (Lipinski definition) is 1. The lowest BCUT2D eigenvalue weighted by Gasteiger charge is -2.07. The number of carbonyl (C=O) groups is 1. The molecule has 0 aliphatic heterocycles. The molecule has 1 N–H and O–H groups in total. The largest absolute Gasteiger partial charge is 0.494 e. The van der Waals surface area contributed by atoms with Gasteiger partial charge in [0.15, 0.2) is 0 Å². The molecule has 0 atom stereocenters. The first-order valence-electron chi connectivity index (χ1n) is 6.69. The molecule has 1 aromatic heterocycles. The summed E-state index contributed by atoms with van der Waals surface area (Å²) in [5.74, 6) is 0.879. The first kappa shape index (κ1) is 14.6. The topological polar surface area (TPSA) is 38.3 Å². The van der Waals surface area contributed by atoms with Gasteiger partial charge in [0.25, 0.3) is 5.91 Å². The average Bonchev–Trinajstić information content (AvgIpc) is 2.85. The van der Waals surface area contributed by atoms with E-state index in [2.05, 4.69) is 5.32 Å². The van der Waals surface area contributed by atoms with E-state index in [1.54, 1.807) is 0 Å². The molecule has 0 fully saturated rings. The summed E-state index contributed by atoms with van der Waals surface area (Å²) in [5.41, 5.74) is 1.18. The Balaban J connectivity index is 1.65. The van der Waals surface area contributed by atoms with Crippen molar-refractivity contribution < 1.29 is 9.53 Å². The van der Waals surface area contributed by atoms with E-state index in [1.165, 1.54) is 16.9 Å². The third-order valence-electron chi connectivity index (χ3n) is 2.83. The van der Waals surface area contributed by atoms with Crippen LogP contribution in [0.5, 0.6) is 5.75 Å². The van der Waals surface area contributed by atoms with Crippen LogP contribution in [0.1, 0.15) is 26.5 Å². The van der Waals surface area contributed by atoms with Gasteiger partial charge in [-0.1, -0.05) is 12.1 Å². The number of thiophene rings is 1. The smallest absolute Gasteiger partial charge is 0.261 e. The van der Waals surface area contributed by atoms with Gasteiger partial charge < -0.3 is 10.1 Å². The maximum absolute atomic E-state index is 11.8. The van der Waals surface area contributed by atoms with Crippen LogP contribution in [0, 0.1) is 13.8 Å². The second kappa shape index (κ2) is 7.10. The number of hydrogen-bond acceptors (Lipinski definition) is 3. The number of amides is 1. The Labute approximate surface area is 123 Å². The molecular weight excluding hydrogens is 270 g/mol. The minimum absolute atomic E-state index is 0.00124. The molecule has 3 nitrogen and oxygen atoms in total. The molecule has 1 aromatic carbocycles. The third-order valence-corrected chi connectivity index (χ3v) is 3.83. The minimum atomic E-state index is -0.00124. The van der Waals surface area contributed by atoms with Gasteiger partial charge in [0, 0.05) is 11.4 Å². The number of carbonyl (C=O) groups excluding carboxylic acids is 1. The summed E-state index contributed by atoms with van der Waals surface area (Å²) in [6, 6.07) is 11.8. The van der Waals surface area contributed by atoms with Crippen molar-refractivity contribution in [3.8, 4) is 5.75 Å². The Morgan fingerprint density at radius 1 is 1.25 bits per heavy atom. The van der Waals surface area contributed by atoms with E-state index in [1.807, 2.05) is 50.2 Å². The molecule has 0 aliphatic carbocycles. The second-order valence-corrected chi connectivity index (χ2v) is 5.97. The first-order chi connectivity index (χ1) is 9.65. The van der Waals surface area contributed by atoms with Crippen molar-refractivity contribution in [3.63, 3.8) is 0 Å². The van der Waals surface area contributed by atoms with Crippen LogP contribution in [0.15, 0.2) is 36.4 Å². The van der Waals surface area contributed by atoms with Crippen LogP contribution in [-0.2, 0) is 0 Å². The summed E-state index contributed by atoms with van der Waals surface area (Å²) in [7, 11) is 0. The van der Waals surface area contributed by atoms with E-state index >= 15 is 0 Å². The monoisotopic (exact) mass is 289 g/mol. The van der Waals surface area contributed by atoms with Gasteiger partial charge in [0.1, 0.15) is 5.75 Å². The van der Waals surface area contributed by atoms with Gasteiger partial charge in [-0.3, -0.25) is 4.79 Å². The third kappa shape index (κ3) is 4.38. The standard InChI is InChI=1S/C16H19NO2S/c1-12-5-3-6-14(11-12)19-10-4-9-17-16(18)15-8-7-13(2)20-15/h3,5-8,11H,4,9-10H2,1-2H3,(H,17,18). The maximum Gasteiger partial charge on any atom is 0.261 e. The summed E-state index contributed by atoms with van der Waals surface area (Å²) in [6.45, 7) is 5.27. The second-order valence-electron chi connectivity index (χ2n) is 4.68. The Kier molecular flexibility index (Phi) is 5.18. The molecule has 0 aliphatic rings. The lowest BCUT2D eigenvalue weighted by Crippen LogP contribution is -2.24. The van der Waals surface area contributed by atoms with Gasteiger partial charge in [0.2, 0.25) is 0 Å². The Hall–Kier alpha value is -1.81. The van der Waals surface area contributed by atoms with Gasteiger partial charge in [0.05, 0.1) is 11.5 Å². The number of rotatable bonds is 6. The molecular formula is C16H19NO2S. The quantitative estimate of drug-likeness (QED) is 0.826. The molecule has 0 radical (unpaired) electrons. The molecule has 0 saturated carbocycles. The van der Waals surface area contributed by atoms with Crippen LogP contribution in [0.2, 0.25) is 0 Å². The minimum Gasteiger partial charge on any atom is -0.494 e. The van der Waals surface area contributed by atoms with E-state index < -0.39 is 0 Å². The molecule has 0 bridgehead atoms. The summed E-state index contributed by atoms with van der Waals surface area (Å²) in [6.07, 6.45) is 0.796. The highest BCUT2D eigenvalue weighted by Gasteiger charge is 2.06. The van der Waals surface area contributed by atoms with Crippen molar-refractivity contribution >= 4 is 17.2 Å². The molecule has 0 unspecified atom stereocenters. The van der Waals surface area contributed by atoms with Crippen LogP contribution in [0.3, 0.4) is 0 Å². The fourth-order valence-electron chi connectivity index (χ4n) is 1.81. The van der Waals surface area contributed by atoms with Crippen LogP contribution >= 0.6 is 11.3 Å². The maximum atomic E-state index is 11.8. The summed E-state index contributed by atoms with van der Waals surface area (Å²) < 4.78 is 5.63. The zero-order chi connectivity index (χ0) is 14.4. The van der Waals surface area contributed by atoms with Gasteiger partial charge in [-0.15, -0.1) is 11.3 Å². The van der Waals surface area contributed by atoms with E-state index in [0.29, 0.717) is 13.2 Å². The molecule has 2 rings (SSSR count). The Bertz CT molecular complexity index is 577.